The fraction of sp³-hybridized carbons (Fsp3) is 0.0400. The molecule has 0 aliphatic carbocycles. The van der Waals surface area contributed by atoms with Crippen molar-refractivity contribution >= 4 is 62.8 Å². The third kappa shape index (κ3) is 4.52. The lowest BCUT2D eigenvalue weighted by Gasteiger charge is -2.20. The van der Waals surface area contributed by atoms with E-state index >= 15 is 0 Å². The molecule has 5 aromatic rings. The van der Waals surface area contributed by atoms with Crippen LogP contribution in [0.5, 0.6) is 0 Å². The molecule has 0 saturated carbocycles. The minimum atomic E-state index is -0.742. The maximum absolute atomic E-state index is 14.8. The van der Waals surface area contributed by atoms with Gasteiger partial charge in [0.05, 0.1) is 49.8 Å². The number of aromatic amines is 1. The molecule has 0 radical (unpaired) electrons. The molecular formula is C25H15Cl3FN7. The summed E-state index contributed by atoms with van der Waals surface area (Å²) in [5.41, 5.74) is 3.23. The van der Waals surface area contributed by atoms with Gasteiger partial charge in [-0.05, 0) is 29.8 Å². The monoisotopic (exact) mass is 537 g/mol. The number of anilines is 3. The first-order valence-corrected chi connectivity index (χ1v) is 11.7. The van der Waals surface area contributed by atoms with Gasteiger partial charge in [0.1, 0.15) is 11.8 Å². The van der Waals surface area contributed by atoms with Gasteiger partial charge in [0.15, 0.2) is 5.82 Å². The molecule has 5 rings (SSSR count). The summed E-state index contributed by atoms with van der Waals surface area (Å²) in [6.07, 6.45) is 3.00. The van der Waals surface area contributed by atoms with E-state index in [0.717, 1.165) is 5.56 Å². The molecule has 0 spiro atoms. The van der Waals surface area contributed by atoms with Crippen LogP contribution in [0.3, 0.4) is 0 Å². The number of pyridine rings is 1. The molecule has 7 nitrogen and oxygen atoms in total. The van der Waals surface area contributed by atoms with Gasteiger partial charge in [-0.15, -0.1) is 0 Å². The van der Waals surface area contributed by atoms with Gasteiger partial charge in [-0.25, -0.2) is 4.39 Å². The quantitative estimate of drug-likeness (QED) is 0.197. The molecule has 0 amide bonds. The number of aromatic nitrogens is 4. The van der Waals surface area contributed by atoms with Crippen LogP contribution in [-0.2, 0) is 0 Å². The summed E-state index contributed by atoms with van der Waals surface area (Å²) in [7, 11) is 0. The molecule has 178 valence electrons. The van der Waals surface area contributed by atoms with Crippen LogP contribution in [0.2, 0.25) is 15.1 Å². The molecule has 36 heavy (non-hydrogen) atoms. The fourth-order valence-electron chi connectivity index (χ4n) is 3.81. The predicted octanol–water partition coefficient (Wildman–Crippen LogP) is 7.27. The Morgan fingerprint density at radius 2 is 1.81 bits per heavy atom. The largest absolute Gasteiger partial charge is 0.373 e. The Morgan fingerprint density at radius 3 is 2.53 bits per heavy atom. The highest BCUT2D eigenvalue weighted by Crippen LogP contribution is 2.38. The molecule has 3 aromatic carbocycles. The van der Waals surface area contributed by atoms with E-state index in [2.05, 4.69) is 37.1 Å². The number of hydrogen-bond donors (Lipinski definition) is 3. The van der Waals surface area contributed by atoms with Crippen molar-refractivity contribution in [2.45, 2.75) is 6.04 Å². The molecule has 0 aliphatic heterocycles. The van der Waals surface area contributed by atoms with Crippen LogP contribution in [0, 0.1) is 17.1 Å². The highest BCUT2D eigenvalue weighted by molar-refractivity contribution is 6.42. The Labute approximate surface area is 219 Å². The van der Waals surface area contributed by atoms with E-state index in [-0.39, 0.29) is 27.3 Å². The van der Waals surface area contributed by atoms with Crippen LogP contribution in [0.1, 0.15) is 22.9 Å². The van der Waals surface area contributed by atoms with Gasteiger partial charge in [0.25, 0.3) is 0 Å². The number of nitriles is 1. The molecule has 0 bridgehead atoms. The second-order valence-corrected chi connectivity index (χ2v) is 8.94. The van der Waals surface area contributed by atoms with Gasteiger partial charge in [0.2, 0.25) is 0 Å². The standard InChI is InChI=1S/C25H15Cl3FN7/c26-17-6-7-19(22(29)21(17)28)34-23-14(10-30)11-31-25-16(23)8-15(9-18(25)27)33-24(20-12-32-36-35-20)13-4-2-1-3-5-13/h1-9,11-12,24,33H,(H,31,34)(H,32,35,36). The molecule has 1 unspecified atom stereocenters. The van der Waals surface area contributed by atoms with E-state index in [1.54, 1.807) is 18.3 Å². The first-order valence-electron chi connectivity index (χ1n) is 10.6. The van der Waals surface area contributed by atoms with Crippen molar-refractivity contribution in [2.75, 3.05) is 10.6 Å². The van der Waals surface area contributed by atoms with Gasteiger partial charge in [-0.1, -0.05) is 65.1 Å². The number of hydrogen-bond acceptors (Lipinski definition) is 6. The smallest absolute Gasteiger partial charge is 0.166 e. The van der Waals surface area contributed by atoms with Gasteiger partial charge in [-0.2, -0.15) is 20.7 Å². The van der Waals surface area contributed by atoms with Crippen molar-refractivity contribution in [3.8, 4) is 6.07 Å². The molecule has 11 heteroatoms. The van der Waals surface area contributed by atoms with E-state index in [4.69, 9.17) is 34.8 Å². The van der Waals surface area contributed by atoms with Crippen molar-refractivity contribution < 1.29 is 4.39 Å². The zero-order valence-electron chi connectivity index (χ0n) is 18.2. The van der Waals surface area contributed by atoms with Crippen LogP contribution in [0.15, 0.2) is 67.0 Å². The number of benzene rings is 3. The van der Waals surface area contributed by atoms with E-state index in [1.807, 2.05) is 30.3 Å². The van der Waals surface area contributed by atoms with Crippen LogP contribution in [-0.4, -0.2) is 20.4 Å². The summed E-state index contributed by atoms with van der Waals surface area (Å²) in [6.45, 7) is 0. The Bertz CT molecular complexity index is 1600. The lowest BCUT2D eigenvalue weighted by atomic mass is 10.0. The van der Waals surface area contributed by atoms with Crippen LogP contribution >= 0.6 is 34.8 Å². The van der Waals surface area contributed by atoms with E-state index in [0.29, 0.717) is 33.0 Å². The fourth-order valence-corrected chi connectivity index (χ4v) is 4.39. The number of nitrogens with one attached hydrogen (secondary N) is 3. The molecule has 1 atom stereocenters. The number of rotatable bonds is 6. The topological polar surface area (TPSA) is 102 Å². The average molecular weight is 539 g/mol. The van der Waals surface area contributed by atoms with Gasteiger partial charge in [-0.3, -0.25) is 4.98 Å². The lowest BCUT2D eigenvalue weighted by Crippen LogP contribution is -2.13. The number of nitrogens with zero attached hydrogens (tertiary/aromatic N) is 4. The van der Waals surface area contributed by atoms with Crippen molar-refractivity contribution in [1.29, 1.82) is 5.26 Å². The summed E-state index contributed by atoms with van der Waals surface area (Å²) in [5, 5.41) is 27.6. The van der Waals surface area contributed by atoms with Crippen LogP contribution < -0.4 is 10.6 Å². The molecule has 0 aliphatic rings. The summed E-state index contributed by atoms with van der Waals surface area (Å²) in [4.78, 5) is 4.35. The first kappa shape index (κ1) is 23.8. The predicted molar refractivity (Wildman–Crippen MR) is 139 cm³/mol. The molecule has 2 aromatic heterocycles. The minimum Gasteiger partial charge on any atom is -0.373 e. The van der Waals surface area contributed by atoms with Crippen molar-refractivity contribution in [2.24, 2.45) is 0 Å². The minimum absolute atomic E-state index is 0.0487. The van der Waals surface area contributed by atoms with E-state index in [9.17, 15) is 9.65 Å². The lowest BCUT2D eigenvalue weighted by molar-refractivity contribution is 0.632. The summed E-state index contributed by atoms with van der Waals surface area (Å²) >= 11 is 18.5. The normalized spacial score (nSPS) is 11.8. The molecule has 0 fully saturated rings. The number of H-pyrrole nitrogens is 1. The van der Waals surface area contributed by atoms with Crippen LogP contribution in [0.4, 0.5) is 21.5 Å². The second kappa shape index (κ2) is 9.99. The highest BCUT2D eigenvalue weighted by Gasteiger charge is 2.20. The Hall–Kier alpha value is -3.90. The molecule has 2 heterocycles. The molecule has 3 N–H and O–H groups in total. The van der Waals surface area contributed by atoms with Gasteiger partial charge < -0.3 is 10.6 Å². The zero-order chi connectivity index (χ0) is 25.2. The molecule has 0 saturated heterocycles. The third-order valence-electron chi connectivity index (χ3n) is 5.51. The Kier molecular flexibility index (Phi) is 6.61. The summed E-state index contributed by atoms with van der Waals surface area (Å²) in [6, 6.07) is 17.8. The van der Waals surface area contributed by atoms with Gasteiger partial charge in [0, 0.05) is 17.3 Å². The molecular weight excluding hydrogens is 524 g/mol. The summed E-state index contributed by atoms with van der Waals surface area (Å²) < 4.78 is 14.8. The number of fused-ring (bicyclic) bond motifs is 1. The SMILES string of the molecule is N#Cc1cnc2c(Cl)cc(NC(c3ccccc3)c3cn[nH]n3)cc2c1Nc1ccc(Cl)c(Cl)c1F. The Balaban J connectivity index is 1.63. The second-order valence-electron chi connectivity index (χ2n) is 7.74. The first-order chi connectivity index (χ1) is 17.5. The summed E-state index contributed by atoms with van der Waals surface area (Å²) in [5.74, 6) is -0.742. The van der Waals surface area contributed by atoms with E-state index in [1.165, 1.54) is 18.3 Å². The van der Waals surface area contributed by atoms with Crippen molar-refractivity contribution in [3.05, 3.63) is 105 Å². The maximum atomic E-state index is 14.8. The van der Waals surface area contributed by atoms with Crippen LogP contribution in [0.25, 0.3) is 10.9 Å². The van der Waals surface area contributed by atoms with Gasteiger partial charge >= 0.3 is 0 Å². The number of halogens is 4. The van der Waals surface area contributed by atoms with Crippen molar-refractivity contribution in [1.82, 2.24) is 20.4 Å². The average Bonchev–Trinajstić information content (AvgIpc) is 3.43. The highest BCUT2D eigenvalue weighted by atomic mass is 35.5. The maximum Gasteiger partial charge on any atom is 0.166 e. The zero-order valence-corrected chi connectivity index (χ0v) is 20.5. The third-order valence-corrected chi connectivity index (χ3v) is 6.58. The van der Waals surface area contributed by atoms with E-state index < -0.39 is 5.82 Å². The van der Waals surface area contributed by atoms with Crippen molar-refractivity contribution in [3.63, 3.8) is 0 Å². The Morgan fingerprint density at radius 1 is 1.00 bits per heavy atom.